The molecule has 0 aliphatic heterocycles. The van der Waals surface area contributed by atoms with Crippen LogP contribution in [0.1, 0.15) is 112 Å². The standard InChI is InChI=1S/C23H44/c1-6-10-20-14-16-23(15-13-18(4)5)17-22(20)19(7-2)11-9-12-21(23)8-3/h18-22H,6-17H2,1-5H3. The quantitative estimate of drug-likeness (QED) is 0.448. The molecule has 5 unspecified atom stereocenters. The van der Waals surface area contributed by atoms with Crippen molar-refractivity contribution in [2.24, 2.45) is 35.0 Å². The van der Waals surface area contributed by atoms with Gasteiger partial charge in [0, 0.05) is 0 Å². The molecule has 0 saturated heterocycles. The van der Waals surface area contributed by atoms with Crippen LogP contribution in [0.15, 0.2) is 0 Å². The molecule has 5 atom stereocenters. The van der Waals surface area contributed by atoms with Crippen LogP contribution in [-0.4, -0.2) is 0 Å². The summed E-state index contributed by atoms with van der Waals surface area (Å²) in [4.78, 5) is 0. The lowest BCUT2D eigenvalue weighted by atomic mass is 9.52. The molecule has 0 heteroatoms. The third kappa shape index (κ3) is 4.55. The van der Waals surface area contributed by atoms with Crippen molar-refractivity contribution >= 4 is 0 Å². The van der Waals surface area contributed by atoms with Gasteiger partial charge in [-0.2, -0.15) is 0 Å². The molecule has 0 aromatic carbocycles. The van der Waals surface area contributed by atoms with E-state index in [1.807, 2.05) is 0 Å². The molecular formula is C23H44. The highest BCUT2D eigenvalue weighted by atomic mass is 14.5. The SMILES string of the molecule is CCCC1CCC2(CCC(C)C)CC1C(CC)CCCC2CC. The van der Waals surface area contributed by atoms with Crippen LogP contribution in [0.25, 0.3) is 0 Å². The molecule has 0 spiro atoms. The van der Waals surface area contributed by atoms with Crippen LogP contribution in [0.2, 0.25) is 0 Å². The summed E-state index contributed by atoms with van der Waals surface area (Å²) in [5, 5.41) is 0. The normalized spacial score (nSPS) is 38.3. The molecule has 0 N–H and O–H groups in total. The monoisotopic (exact) mass is 320 g/mol. The lowest BCUT2D eigenvalue weighted by Crippen LogP contribution is -2.43. The fraction of sp³-hybridized carbons (Fsp3) is 1.00. The van der Waals surface area contributed by atoms with Gasteiger partial charge < -0.3 is 0 Å². The molecule has 0 nitrogen and oxygen atoms in total. The van der Waals surface area contributed by atoms with Gasteiger partial charge in [-0.3, -0.25) is 0 Å². The second-order valence-corrected chi connectivity index (χ2v) is 9.45. The summed E-state index contributed by atoms with van der Waals surface area (Å²) in [7, 11) is 0. The molecule has 136 valence electrons. The molecular weight excluding hydrogens is 276 g/mol. The largest absolute Gasteiger partial charge is 0.0654 e. The maximum Gasteiger partial charge on any atom is -0.0266 e. The van der Waals surface area contributed by atoms with Crippen LogP contribution in [-0.2, 0) is 0 Å². The molecule has 0 radical (unpaired) electrons. The zero-order valence-electron chi connectivity index (χ0n) is 16.9. The van der Waals surface area contributed by atoms with Crippen molar-refractivity contribution in [2.75, 3.05) is 0 Å². The van der Waals surface area contributed by atoms with E-state index < -0.39 is 0 Å². The first-order chi connectivity index (χ1) is 11.1. The van der Waals surface area contributed by atoms with Gasteiger partial charge in [0.15, 0.2) is 0 Å². The van der Waals surface area contributed by atoms with Gasteiger partial charge in [-0.1, -0.05) is 79.6 Å². The van der Waals surface area contributed by atoms with Crippen molar-refractivity contribution in [3.05, 3.63) is 0 Å². The first-order valence-corrected chi connectivity index (χ1v) is 11.1. The Bertz CT molecular complexity index is 329. The van der Waals surface area contributed by atoms with Crippen molar-refractivity contribution in [1.82, 2.24) is 0 Å². The molecule has 2 saturated carbocycles. The molecule has 2 fully saturated rings. The Morgan fingerprint density at radius 1 is 0.957 bits per heavy atom. The third-order valence-corrected chi connectivity index (χ3v) is 7.76. The first-order valence-electron chi connectivity index (χ1n) is 11.1. The summed E-state index contributed by atoms with van der Waals surface area (Å²) in [6.45, 7) is 12.2. The van der Waals surface area contributed by atoms with Gasteiger partial charge in [-0.05, 0) is 67.1 Å². The minimum absolute atomic E-state index is 0.710. The van der Waals surface area contributed by atoms with Gasteiger partial charge in [0.05, 0.1) is 0 Å². The van der Waals surface area contributed by atoms with Crippen LogP contribution >= 0.6 is 0 Å². The van der Waals surface area contributed by atoms with Crippen molar-refractivity contribution < 1.29 is 0 Å². The van der Waals surface area contributed by atoms with Crippen LogP contribution in [0.5, 0.6) is 0 Å². The van der Waals surface area contributed by atoms with E-state index in [-0.39, 0.29) is 0 Å². The maximum absolute atomic E-state index is 2.48. The Hall–Kier alpha value is 0. The smallest absolute Gasteiger partial charge is 0.0266 e. The molecule has 2 aliphatic carbocycles. The van der Waals surface area contributed by atoms with Gasteiger partial charge in [-0.15, -0.1) is 0 Å². The Balaban J connectivity index is 2.24. The average molecular weight is 321 g/mol. The predicted octanol–water partition coefficient (Wildman–Crippen LogP) is 7.86. The van der Waals surface area contributed by atoms with Crippen molar-refractivity contribution in [1.29, 1.82) is 0 Å². The van der Waals surface area contributed by atoms with E-state index in [1.165, 1.54) is 57.8 Å². The Morgan fingerprint density at radius 2 is 1.74 bits per heavy atom. The van der Waals surface area contributed by atoms with Crippen LogP contribution in [0, 0.1) is 35.0 Å². The highest BCUT2D eigenvalue weighted by molar-refractivity contribution is 4.97. The topological polar surface area (TPSA) is 0 Å². The van der Waals surface area contributed by atoms with Gasteiger partial charge in [0.2, 0.25) is 0 Å². The van der Waals surface area contributed by atoms with Crippen molar-refractivity contribution in [3.63, 3.8) is 0 Å². The Labute approximate surface area is 147 Å². The second kappa shape index (κ2) is 8.91. The van der Waals surface area contributed by atoms with E-state index in [0.717, 1.165) is 29.6 Å². The fourth-order valence-electron chi connectivity index (χ4n) is 6.37. The average Bonchev–Trinajstić information content (AvgIpc) is 2.53. The molecule has 2 rings (SSSR count). The van der Waals surface area contributed by atoms with E-state index in [4.69, 9.17) is 0 Å². The minimum atomic E-state index is 0.710. The van der Waals surface area contributed by atoms with Crippen molar-refractivity contribution in [2.45, 2.75) is 112 Å². The van der Waals surface area contributed by atoms with E-state index in [0.29, 0.717) is 5.41 Å². The van der Waals surface area contributed by atoms with Crippen LogP contribution < -0.4 is 0 Å². The Kier molecular flexibility index (Phi) is 7.49. The fourth-order valence-corrected chi connectivity index (χ4v) is 6.37. The summed E-state index contributed by atoms with van der Waals surface area (Å²) < 4.78 is 0. The Morgan fingerprint density at radius 3 is 2.35 bits per heavy atom. The molecule has 0 amide bonds. The molecule has 0 aromatic rings. The number of hydrogen-bond donors (Lipinski definition) is 0. The van der Waals surface area contributed by atoms with Gasteiger partial charge in [0.25, 0.3) is 0 Å². The van der Waals surface area contributed by atoms with Gasteiger partial charge in [-0.25, -0.2) is 0 Å². The summed E-state index contributed by atoms with van der Waals surface area (Å²) >= 11 is 0. The molecule has 2 bridgehead atoms. The van der Waals surface area contributed by atoms with Crippen LogP contribution in [0.4, 0.5) is 0 Å². The third-order valence-electron chi connectivity index (χ3n) is 7.76. The van der Waals surface area contributed by atoms with Crippen LogP contribution in [0.3, 0.4) is 0 Å². The predicted molar refractivity (Wildman–Crippen MR) is 104 cm³/mol. The summed E-state index contributed by atoms with van der Waals surface area (Å²) in [5.74, 6) is 5.02. The lowest BCUT2D eigenvalue weighted by Gasteiger charge is -2.53. The summed E-state index contributed by atoms with van der Waals surface area (Å²) in [6.07, 6.45) is 18.0. The highest BCUT2D eigenvalue weighted by Crippen LogP contribution is 2.57. The number of rotatable bonds is 7. The van der Waals surface area contributed by atoms with Gasteiger partial charge in [0.1, 0.15) is 0 Å². The molecule has 0 aromatic heterocycles. The summed E-state index contributed by atoms with van der Waals surface area (Å²) in [5.41, 5.74) is 0.710. The zero-order chi connectivity index (χ0) is 16.9. The first kappa shape index (κ1) is 19.3. The van der Waals surface area contributed by atoms with E-state index >= 15 is 0 Å². The second-order valence-electron chi connectivity index (χ2n) is 9.45. The highest BCUT2D eigenvalue weighted by Gasteiger charge is 2.47. The van der Waals surface area contributed by atoms with E-state index in [2.05, 4.69) is 34.6 Å². The van der Waals surface area contributed by atoms with Crippen molar-refractivity contribution in [3.8, 4) is 0 Å². The summed E-state index contributed by atoms with van der Waals surface area (Å²) in [6, 6.07) is 0. The molecule has 0 heterocycles. The van der Waals surface area contributed by atoms with Gasteiger partial charge >= 0.3 is 0 Å². The number of hydrogen-bond acceptors (Lipinski definition) is 0. The zero-order valence-corrected chi connectivity index (χ0v) is 16.9. The van der Waals surface area contributed by atoms with E-state index in [1.54, 1.807) is 19.3 Å². The minimum Gasteiger partial charge on any atom is -0.0654 e. The van der Waals surface area contributed by atoms with E-state index in [9.17, 15) is 0 Å². The number of fused-ring (bicyclic) bond motifs is 2. The molecule has 23 heavy (non-hydrogen) atoms. The lowest BCUT2D eigenvalue weighted by molar-refractivity contribution is -0.0283. The maximum atomic E-state index is 2.48. The molecule has 2 aliphatic rings.